The summed E-state index contributed by atoms with van der Waals surface area (Å²) in [6.45, 7) is 8.43. The molecule has 0 aliphatic carbocycles. The Morgan fingerprint density at radius 3 is 2.74 bits per heavy atom. The van der Waals surface area contributed by atoms with Crippen molar-refractivity contribution in [3.05, 3.63) is 34.9 Å². The lowest BCUT2D eigenvalue weighted by atomic mass is 9.95. The predicted octanol–water partition coefficient (Wildman–Crippen LogP) is 2.88. The Bertz CT molecular complexity index is 730. The van der Waals surface area contributed by atoms with Gasteiger partial charge in [0.25, 0.3) is 0 Å². The SMILES string of the molecule is CCNC(=NCC(c1ccccc1Cl)N1CCOCC1)N1CCCC(CC(N)=O)C1.I. The van der Waals surface area contributed by atoms with E-state index in [1.54, 1.807) is 0 Å². The van der Waals surface area contributed by atoms with E-state index < -0.39 is 0 Å². The van der Waals surface area contributed by atoms with Crippen LogP contribution in [0.3, 0.4) is 0 Å². The monoisotopic (exact) mass is 563 g/mol. The largest absolute Gasteiger partial charge is 0.379 e. The summed E-state index contributed by atoms with van der Waals surface area (Å²) in [5, 5.41) is 4.21. The molecule has 2 aliphatic rings. The van der Waals surface area contributed by atoms with Crippen molar-refractivity contribution in [1.29, 1.82) is 0 Å². The summed E-state index contributed by atoms with van der Waals surface area (Å²) in [5.74, 6) is 0.964. The second-order valence-electron chi connectivity index (χ2n) is 8.00. The molecular formula is C22H35ClIN5O2. The first-order valence-corrected chi connectivity index (χ1v) is 11.3. The van der Waals surface area contributed by atoms with Crippen molar-refractivity contribution in [1.82, 2.24) is 15.1 Å². The third-order valence-corrected chi connectivity index (χ3v) is 6.15. The Kier molecular flexibility index (Phi) is 11.3. The van der Waals surface area contributed by atoms with Gasteiger partial charge in [-0.2, -0.15) is 0 Å². The minimum absolute atomic E-state index is 0. The highest BCUT2D eigenvalue weighted by Gasteiger charge is 2.26. The first-order valence-electron chi connectivity index (χ1n) is 11.0. The van der Waals surface area contributed by atoms with E-state index in [2.05, 4.69) is 28.1 Å². The van der Waals surface area contributed by atoms with Crippen LogP contribution in [0.2, 0.25) is 5.02 Å². The molecule has 1 aromatic carbocycles. The summed E-state index contributed by atoms with van der Waals surface area (Å²) in [6, 6.07) is 8.13. The molecule has 7 nitrogen and oxygen atoms in total. The van der Waals surface area contributed by atoms with Crippen molar-refractivity contribution in [2.75, 3.05) is 52.5 Å². The minimum Gasteiger partial charge on any atom is -0.379 e. The molecule has 2 fully saturated rings. The molecule has 2 unspecified atom stereocenters. The number of hydrogen-bond donors (Lipinski definition) is 2. The van der Waals surface area contributed by atoms with E-state index in [1.165, 1.54) is 0 Å². The Balaban J connectivity index is 0.00000341. The van der Waals surface area contributed by atoms with Gasteiger partial charge in [0.15, 0.2) is 5.96 Å². The summed E-state index contributed by atoms with van der Waals surface area (Å²) in [4.78, 5) is 21.1. The highest BCUT2D eigenvalue weighted by atomic mass is 127. The maximum Gasteiger partial charge on any atom is 0.217 e. The number of piperidine rings is 1. The molecule has 2 heterocycles. The highest BCUT2D eigenvalue weighted by Crippen LogP contribution is 2.29. The molecule has 31 heavy (non-hydrogen) atoms. The number of carbonyl (C=O) groups excluding carboxylic acids is 1. The van der Waals surface area contributed by atoms with Crippen LogP contribution in [-0.2, 0) is 9.53 Å². The fourth-order valence-electron chi connectivity index (χ4n) is 4.35. The van der Waals surface area contributed by atoms with Crippen LogP contribution in [0.25, 0.3) is 0 Å². The summed E-state index contributed by atoms with van der Waals surface area (Å²) < 4.78 is 5.55. The van der Waals surface area contributed by atoms with E-state index in [4.69, 9.17) is 27.1 Å². The average molecular weight is 564 g/mol. The van der Waals surface area contributed by atoms with Crippen molar-refractivity contribution in [2.24, 2.45) is 16.6 Å². The van der Waals surface area contributed by atoms with Gasteiger partial charge in [-0.25, -0.2) is 0 Å². The Hall–Kier alpha value is -1.10. The second-order valence-corrected chi connectivity index (χ2v) is 8.41. The maximum atomic E-state index is 11.4. The van der Waals surface area contributed by atoms with Gasteiger partial charge in [-0.3, -0.25) is 14.7 Å². The van der Waals surface area contributed by atoms with Crippen molar-refractivity contribution < 1.29 is 9.53 Å². The van der Waals surface area contributed by atoms with Gasteiger partial charge < -0.3 is 20.7 Å². The molecule has 3 rings (SSSR count). The standard InChI is InChI=1S/C22H34ClN5O2.HI/c1-2-25-22(28-9-5-6-17(16-28)14-21(24)29)26-15-20(27-10-12-30-13-11-27)18-7-3-4-8-19(18)23;/h3-4,7-8,17,20H,2,5-6,9-16H2,1H3,(H2,24,29)(H,25,26);1H. The van der Waals surface area contributed by atoms with E-state index >= 15 is 0 Å². The van der Waals surface area contributed by atoms with Gasteiger partial charge in [0.1, 0.15) is 0 Å². The van der Waals surface area contributed by atoms with Gasteiger partial charge in [0.05, 0.1) is 25.8 Å². The normalized spacial score (nSPS) is 21.3. The number of benzene rings is 1. The van der Waals surface area contributed by atoms with Crippen molar-refractivity contribution in [3.8, 4) is 0 Å². The number of ether oxygens (including phenoxy) is 1. The van der Waals surface area contributed by atoms with Crippen LogP contribution in [0.4, 0.5) is 0 Å². The lowest BCUT2D eigenvalue weighted by Crippen LogP contribution is -2.47. The van der Waals surface area contributed by atoms with Gasteiger partial charge >= 0.3 is 0 Å². The molecule has 3 N–H and O–H groups in total. The zero-order valence-corrected chi connectivity index (χ0v) is 21.4. The number of carbonyl (C=O) groups is 1. The number of hydrogen-bond acceptors (Lipinski definition) is 4. The van der Waals surface area contributed by atoms with Crippen molar-refractivity contribution in [3.63, 3.8) is 0 Å². The van der Waals surface area contributed by atoms with E-state index in [0.29, 0.717) is 18.9 Å². The zero-order chi connectivity index (χ0) is 21.3. The lowest BCUT2D eigenvalue weighted by molar-refractivity contribution is -0.119. The van der Waals surface area contributed by atoms with Crippen LogP contribution in [0, 0.1) is 5.92 Å². The number of likely N-dealkylation sites (tertiary alicyclic amines) is 1. The van der Waals surface area contributed by atoms with Crippen LogP contribution in [-0.4, -0.2) is 74.1 Å². The fourth-order valence-corrected chi connectivity index (χ4v) is 4.61. The zero-order valence-electron chi connectivity index (χ0n) is 18.3. The minimum atomic E-state index is -0.227. The van der Waals surface area contributed by atoms with Crippen LogP contribution in [0.15, 0.2) is 29.3 Å². The van der Waals surface area contributed by atoms with Gasteiger partial charge in [0, 0.05) is 44.2 Å². The number of nitrogens with two attached hydrogens (primary N) is 1. The van der Waals surface area contributed by atoms with Crippen LogP contribution >= 0.6 is 35.6 Å². The van der Waals surface area contributed by atoms with Gasteiger partial charge in [-0.1, -0.05) is 29.8 Å². The Morgan fingerprint density at radius 2 is 2.06 bits per heavy atom. The van der Waals surface area contributed by atoms with E-state index in [1.807, 2.05) is 18.2 Å². The molecule has 2 aliphatic heterocycles. The predicted molar refractivity (Wildman–Crippen MR) is 136 cm³/mol. The molecule has 1 amide bonds. The summed E-state index contributed by atoms with van der Waals surface area (Å²) in [5.41, 5.74) is 6.53. The smallest absolute Gasteiger partial charge is 0.217 e. The number of aliphatic imine (C=N–C) groups is 1. The van der Waals surface area contributed by atoms with E-state index in [-0.39, 0.29) is 35.9 Å². The van der Waals surface area contributed by atoms with Gasteiger partial charge in [-0.15, -0.1) is 24.0 Å². The number of guanidine groups is 1. The fraction of sp³-hybridized carbons (Fsp3) is 0.636. The topological polar surface area (TPSA) is 83.2 Å². The number of nitrogens with zero attached hydrogens (tertiary/aromatic N) is 3. The third kappa shape index (κ3) is 7.76. The van der Waals surface area contributed by atoms with E-state index in [0.717, 1.165) is 75.3 Å². The first-order chi connectivity index (χ1) is 14.6. The quantitative estimate of drug-likeness (QED) is 0.303. The molecule has 0 aromatic heterocycles. The number of morpholine rings is 1. The number of amides is 1. The van der Waals surface area contributed by atoms with Gasteiger partial charge in [0.2, 0.25) is 5.91 Å². The van der Waals surface area contributed by atoms with Crippen LogP contribution in [0.1, 0.15) is 37.8 Å². The van der Waals surface area contributed by atoms with E-state index in [9.17, 15) is 4.79 Å². The molecule has 0 saturated carbocycles. The van der Waals surface area contributed by atoms with Crippen LogP contribution in [0.5, 0.6) is 0 Å². The first kappa shape index (κ1) is 26.2. The molecule has 0 bridgehead atoms. The van der Waals surface area contributed by atoms with Crippen molar-refractivity contribution in [2.45, 2.75) is 32.2 Å². The lowest BCUT2D eigenvalue weighted by Gasteiger charge is -2.36. The van der Waals surface area contributed by atoms with Crippen molar-refractivity contribution >= 4 is 47.4 Å². The summed E-state index contributed by atoms with van der Waals surface area (Å²) in [7, 11) is 0. The van der Waals surface area contributed by atoms with Gasteiger partial charge in [-0.05, 0) is 37.3 Å². The molecule has 174 valence electrons. The summed E-state index contributed by atoms with van der Waals surface area (Å²) in [6.07, 6.45) is 2.51. The molecule has 2 atom stereocenters. The molecule has 1 aromatic rings. The molecule has 0 spiro atoms. The highest BCUT2D eigenvalue weighted by molar-refractivity contribution is 14.0. The Morgan fingerprint density at radius 1 is 1.32 bits per heavy atom. The second kappa shape index (κ2) is 13.4. The summed E-state index contributed by atoms with van der Waals surface area (Å²) >= 11 is 6.55. The average Bonchev–Trinajstić information content (AvgIpc) is 2.75. The maximum absolute atomic E-state index is 11.4. The molecule has 9 heteroatoms. The number of primary amides is 1. The number of nitrogens with one attached hydrogen (secondary N) is 1. The third-order valence-electron chi connectivity index (χ3n) is 5.81. The van der Waals surface area contributed by atoms with Crippen LogP contribution < -0.4 is 11.1 Å². The number of halogens is 2. The molecule has 2 saturated heterocycles. The molecule has 0 radical (unpaired) electrons. The number of rotatable bonds is 7. The molecular weight excluding hydrogens is 529 g/mol. The Labute approximate surface area is 207 Å².